The second-order valence-electron chi connectivity index (χ2n) is 4.11. The molecule has 2 nitrogen and oxygen atoms in total. The molecule has 0 saturated heterocycles. The van der Waals surface area contributed by atoms with Crippen molar-refractivity contribution in [3.05, 3.63) is 23.2 Å². The molecule has 0 aliphatic rings. The molecular formula is C13H17ClN2S2. The van der Waals surface area contributed by atoms with E-state index in [1.54, 1.807) is 11.3 Å². The van der Waals surface area contributed by atoms with Gasteiger partial charge in [0.05, 0.1) is 10.2 Å². The Balaban J connectivity index is 1.81. The number of fused-ring (bicyclic) bond motifs is 1. The number of anilines is 1. The average Bonchev–Trinajstić information content (AvgIpc) is 2.75. The molecular weight excluding hydrogens is 284 g/mol. The smallest absolute Gasteiger partial charge is 0.183 e. The minimum Gasteiger partial charge on any atom is -0.361 e. The van der Waals surface area contributed by atoms with E-state index in [1.165, 1.54) is 29.7 Å². The van der Waals surface area contributed by atoms with Crippen LogP contribution in [0, 0.1) is 0 Å². The first-order chi connectivity index (χ1) is 8.79. The number of nitrogens with zero attached hydrogens (tertiary/aromatic N) is 1. The van der Waals surface area contributed by atoms with Crippen molar-refractivity contribution in [3.8, 4) is 0 Å². The summed E-state index contributed by atoms with van der Waals surface area (Å²) in [4.78, 5) is 4.53. The Labute approximate surface area is 121 Å². The molecule has 0 unspecified atom stereocenters. The van der Waals surface area contributed by atoms with Gasteiger partial charge in [0.25, 0.3) is 0 Å². The van der Waals surface area contributed by atoms with Gasteiger partial charge in [-0.1, -0.05) is 29.4 Å². The van der Waals surface area contributed by atoms with Crippen molar-refractivity contribution >= 4 is 50.0 Å². The summed E-state index contributed by atoms with van der Waals surface area (Å²) >= 11 is 9.55. The first kappa shape index (κ1) is 14.0. The molecule has 1 N–H and O–H groups in total. The number of hydrogen-bond donors (Lipinski definition) is 1. The van der Waals surface area contributed by atoms with Gasteiger partial charge in [-0.25, -0.2) is 4.98 Å². The zero-order valence-electron chi connectivity index (χ0n) is 10.4. The van der Waals surface area contributed by atoms with Crippen molar-refractivity contribution in [1.82, 2.24) is 4.98 Å². The van der Waals surface area contributed by atoms with E-state index in [2.05, 4.69) is 16.6 Å². The largest absolute Gasteiger partial charge is 0.361 e. The fraction of sp³-hybridized carbons (Fsp3) is 0.462. The summed E-state index contributed by atoms with van der Waals surface area (Å²) in [6.07, 6.45) is 5.95. The lowest BCUT2D eigenvalue weighted by molar-refractivity contribution is 0.749. The van der Waals surface area contributed by atoms with Gasteiger partial charge in [0, 0.05) is 11.6 Å². The minimum absolute atomic E-state index is 0.747. The van der Waals surface area contributed by atoms with Crippen LogP contribution in [0.1, 0.15) is 19.3 Å². The van der Waals surface area contributed by atoms with Gasteiger partial charge in [0.1, 0.15) is 0 Å². The summed E-state index contributed by atoms with van der Waals surface area (Å²) in [5.74, 6) is 1.26. The van der Waals surface area contributed by atoms with E-state index in [0.717, 1.165) is 22.2 Å². The maximum absolute atomic E-state index is 5.95. The monoisotopic (exact) mass is 300 g/mol. The quantitative estimate of drug-likeness (QED) is 0.737. The number of unbranched alkanes of at least 4 members (excludes halogenated alkanes) is 2. The van der Waals surface area contributed by atoms with E-state index in [1.807, 2.05) is 30.0 Å². The van der Waals surface area contributed by atoms with Crippen LogP contribution in [0.2, 0.25) is 5.02 Å². The van der Waals surface area contributed by atoms with Gasteiger partial charge in [-0.15, -0.1) is 0 Å². The molecule has 0 bridgehead atoms. The molecule has 1 heterocycles. The maximum Gasteiger partial charge on any atom is 0.183 e. The van der Waals surface area contributed by atoms with E-state index >= 15 is 0 Å². The Morgan fingerprint density at radius 2 is 2.22 bits per heavy atom. The molecule has 2 rings (SSSR count). The van der Waals surface area contributed by atoms with Crippen LogP contribution in [0.25, 0.3) is 10.2 Å². The third kappa shape index (κ3) is 4.04. The van der Waals surface area contributed by atoms with E-state index in [9.17, 15) is 0 Å². The molecule has 1 aromatic heterocycles. The Hall–Kier alpha value is -0.450. The van der Waals surface area contributed by atoms with Gasteiger partial charge >= 0.3 is 0 Å². The fourth-order valence-electron chi connectivity index (χ4n) is 1.72. The van der Waals surface area contributed by atoms with Crippen molar-refractivity contribution in [2.24, 2.45) is 0 Å². The highest BCUT2D eigenvalue weighted by molar-refractivity contribution is 7.98. The third-order valence-corrected chi connectivity index (χ3v) is 4.58. The molecule has 0 aliphatic heterocycles. The summed E-state index contributed by atoms with van der Waals surface area (Å²) in [5.41, 5.74) is 0.984. The number of rotatable bonds is 7. The van der Waals surface area contributed by atoms with Crippen LogP contribution < -0.4 is 5.32 Å². The number of thiazole rings is 1. The molecule has 0 fully saturated rings. The Morgan fingerprint density at radius 1 is 1.33 bits per heavy atom. The minimum atomic E-state index is 0.747. The molecule has 0 radical (unpaired) electrons. The van der Waals surface area contributed by atoms with Crippen LogP contribution in [0.5, 0.6) is 0 Å². The molecule has 0 saturated carbocycles. The Bertz CT molecular complexity index is 499. The Kier molecular flexibility index (Phi) is 5.60. The second-order valence-corrected chi connectivity index (χ2v) is 6.56. The highest BCUT2D eigenvalue weighted by atomic mass is 35.5. The molecule has 18 heavy (non-hydrogen) atoms. The number of benzene rings is 1. The number of aromatic nitrogens is 1. The first-order valence-corrected chi connectivity index (χ1v) is 8.67. The van der Waals surface area contributed by atoms with Crippen LogP contribution in [0.4, 0.5) is 5.13 Å². The van der Waals surface area contributed by atoms with E-state index in [4.69, 9.17) is 11.6 Å². The Morgan fingerprint density at radius 3 is 3.06 bits per heavy atom. The second kappa shape index (κ2) is 7.22. The van der Waals surface area contributed by atoms with Crippen LogP contribution in [-0.4, -0.2) is 23.5 Å². The van der Waals surface area contributed by atoms with Crippen LogP contribution in [0.3, 0.4) is 0 Å². The third-order valence-electron chi connectivity index (χ3n) is 2.65. The highest BCUT2D eigenvalue weighted by Crippen LogP contribution is 2.27. The van der Waals surface area contributed by atoms with Crippen molar-refractivity contribution < 1.29 is 0 Å². The average molecular weight is 301 g/mol. The number of hydrogen-bond acceptors (Lipinski definition) is 4. The zero-order chi connectivity index (χ0) is 12.8. The standard InChI is InChI=1S/C13H17ClN2S2/c1-17-8-4-2-3-7-15-13-16-11-9-10(14)5-6-12(11)18-13/h5-6,9H,2-4,7-8H2,1H3,(H,15,16). The van der Waals surface area contributed by atoms with Gasteiger partial charge in [0.2, 0.25) is 0 Å². The number of nitrogens with one attached hydrogen (secondary N) is 1. The molecule has 2 aromatic rings. The summed E-state index contributed by atoms with van der Waals surface area (Å²) in [6, 6.07) is 5.85. The van der Waals surface area contributed by atoms with Crippen LogP contribution in [-0.2, 0) is 0 Å². The molecule has 0 aliphatic carbocycles. The van der Waals surface area contributed by atoms with Gasteiger partial charge in [-0.05, 0) is 43.0 Å². The summed E-state index contributed by atoms with van der Waals surface area (Å²) < 4.78 is 1.18. The van der Waals surface area contributed by atoms with Crippen molar-refractivity contribution in [2.75, 3.05) is 23.9 Å². The number of thioether (sulfide) groups is 1. The molecule has 1 aromatic carbocycles. The lowest BCUT2D eigenvalue weighted by Gasteiger charge is -2.01. The molecule has 0 amide bonds. The fourth-order valence-corrected chi connectivity index (χ4v) is 3.25. The molecule has 5 heteroatoms. The molecule has 0 spiro atoms. The topological polar surface area (TPSA) is 24.9 Å². The van der Waals surface area contributed by atoms with E-state index in [0.29, 0.717) is 0 Å². The zero-order valence-corrected chi connectivity index (χ0v) is 12.8. The lowest BCUT2D eigenvalue weighted by Crippen LogP contribution is -2.00. The summed E-state index contributed by atoms with van der Waals surface area (Å²) in [5, 5.41) is 5.13. The first-order valence-electron chi connectivity index (χ1n) is 6.08. The predicted molar refractivity (Wildman–Crippen MR) is 85.4 cm³/mol. The maximum atomic E-state index is 5.95. The van der Waals surface area contributed by atoms with Gasteiger partial charge < -0.3 is 5.32 Å². The molecule has 98 valence electrons. The SMILES string of the molecule is CSCCCCCNc1nc2cc(Cl)ccc2s1. The van der Waals surface area contributed by atoms with Crippen molar-refractivity contribution in [3.63, 3.8) is 0 Å². The highest BCUT2D eigenvalue weighted by Gasteiger charge is 2.03. The summed E-state index contributed by atoms with van der Waals surface area (Å²) in [6.45, 7) is 1.00. The summed E-state index contributed by atoms with van der Waals surface area (Å²) in [7, 11) is 0. The van der Waals surface area contributed by atoms with E-state index < -0.39 is 0 Å². The van der Waals surface area contributed by atoms with Gasteiger partial charge in [-0.3, -0.25) is 0 Å². The number of halogens is 1. The van der Waals surface area contributed by atoms with E-state index in [-0.39, 0.29) is 0 Å². The van der Waals surface area contributed by atoms with Crippen molar-refractivity contribution in [1.29, 1.82) is 0 Å². The normalized spacial score (nSPS) is 11.0. The predicted octanol–water partition coefficient (Wildman–Crippen LogP) is 4.89. The van der Waals surface area contributed by atoms with Crippen LogP contribution in [0.15, 0.2) is 18.2 Å². The van der Waals surface area contributed by atoms with Gasteiger partial charge in [0.15, 0.2) is 5.13 Å². The van der Waals surface area contributed by atoms with Crippen LogP contribution >= 0.6 is 34.7 Å². The lowest BCUT2D eigenvalue weighted by atomic mass is 10.2. The van der Waals surface area contributed by atoms with Gasteiger partial charge in [-0.2, -0.15) is 11.8 Å². The van der Waals surface area contributed by atoms with Crippen molar-refractivity contribution in [2.45, 2.75) is 19.3 Å². The molecule has 0 atom stereocenters.